The number of anilines is 1. The van der Waals surface area contributed by atoms with Crippen LogP contribution in [0.5, 0.6) is 0 Å². The number of nitrogens with zero attached hydrogens (tertiary/aromatic N) is 2. The van der Waals surface area contributed by atoms with E-state index in [1.807, 2.05) is 6.20 Å². The molecular weight excluding hydrogens is 250 g/mol. The molecule has 0 amide bonds. The van der Waals surface area contributed by atoms with Gasteiger partial charge in [0.25, 0.3) is 0 Å². The van der Waals surface area contributed by atoms with E-state index in [9.17, 15) is 0 Å². The van der Waals surface area contributed by atoms with Crippen LogP contribution in [0.15, 0.2) is 18.3 Å². The fourth-order valence-electron chi connectivity index (χ4n) is 1.89. The SMILES string of the molecule is COCCN(c1ccc(CNC(C)(C)C)cn1)C(C)C. The number of pyridine rings is 1. The Labute approximate surface area is 123 Å². The van der Waals surface area contributed by atoms with Crippen molar-refractivity contribution in [1.82, 2.24) is 10.3 Å². The highest BCUT2D eigenvalue weighted by Crippen LogP contribution is 2.14. The van der Waals surface area contributed by atoms with E-state index < -0.39 is 0 Å². The van der Waals surface area contributed by atoms with Crippen molar-refractivity contribution in [2.75, 3.05) is 25.2 Å². The molecule has 0 atom stereocenters. The van der Waals surface area contributed by atoms with Crippen molar-refractivity contribution in [1.29, 1.82) is 0 Å². The van der Waals surface area contributed by atoms with Gasteiger partial charge >= 0.3 is 0 Å². The highest BCUT2D eigenvalue weighted by molar-refractivity contribution is 5.40. The molecular formula is C16H29N3O. The summed E-state index contributed by atoms with van der Waals surface area (Å²) in [5.74, 6) is 1.01. The zero-order valence-electron chi connectivity index (χ0n) is 13.7. The quantitative estimate of drug-likeness (QED) is 0.833. The van der Waals surface area contributed by atoms with Crippen LogP contribution in [0.1, 0.15) is 40.2 Å². The fourth-order valence-corrected chi connectivity index (χ4v) is 1.89. The van der Waals surface area contributed by atoms with Gasteiger partial charge in [-0.1, -0.05) is 6.07 Å². The zero-order valence-corrected chi connectivity index (χ0v) is 13.7. The average Bonchev–Trinajstić information content (AvgIpc) is 2.37. The smallest absolute Gasteiger partial charge is 0.128 e. The fraction of sp³-hybridized carbons (Fsp3) is 0.688. The molecule has 0 bridgehead atoms. The maximum atomic E-state index is 5.16. The van der Waals surface area contributed by atoms with Gasteiger partial charge in [-0.2, -0.15) is 0 Å². The van der Waals surface area contributed by atoms with Gasteiger partial charge in [0.1, 0.15) is 5.82 Å². The minimum absolute atomic E-state index is 0.126. The lowest BCUT2D eigenvalue weighted by Crippen LogP contribution is -2.35. The van der Waals surface area contributed by atoms with Gasteiger partial charge in [-0.25, -0.2) is 4.98 Å². The van der Waals surface area contributed by atoms with Crippen LogP contribution in [-0.2, 0) is 11.3 Å². The molecule has 1 aromatic rings. The minimum atomic E-state index is 0.126. The zero-order chi connectivity index (χ0) is 15.2. The molecule has 0 saturated carbocycles. The number of aromatic nitrogens is 1. The average molecular weight is 279 g/mol. The molecule has 1 N–H and O–H groups in total. The van der Waals surface area contributed by atoms with E-state index >= 15 is 0 Å². The number of methoxy groups -OCH3 is 1. The van der Waals surface area contributed by atoms with Crippen molar-refractivity contribution < 1.29 is 4.74 Å². The third kappa shape index (κ3) is 5.88. The summed E-state index contributed by atoms with van der Waals surface area (Å²) in [5.41, 5.74) is 1.33. The summed E-state index contributed by atoms with van der Waals surface area (Å²) >= 11 is 0. The summed E-state index contributed by atoms with van der Waals surface area (Å²) in [7, 11) is 1.73. The molecule has 0 spiro atoms. The molecule has 0 unspecified atom stereocenters. The maximum Gasteiger partial charge on any atom is 0.128 e. The third-order valence-corrected chi connectivity index (χ3v) is 3.09. The molecule has 0 saturated heterocycles. The van der Waals surface area contributed by atoms with Crippen molar-refractivity contribution in [3.05, 3.63) is 23.9 Å². The van der Waals surface area contributed by atoms with E-state index in [2.05, 4.69) is 62.0 Å². The summed E-state index contributed by atoms with van der Waals surface area (Å²) in [5, 5.41) is 3.47. The maximum absolute atomic E-state index is 5.16. The Morgan fingerprint density at radius 2 is 2.00 bits per heavy atom. The van der Waals surface area contributed by atoms with Gasteiger partial charge in [0, 0.05) is 38.0 Å². The second kappa shape index (κ2) is 7.60. The lowest BCUT2D eigenvalue weighted by Gasteiger charge is -2.27. The monoisotopic (exact) mass is 279 g/mol. The molecule has 4 nitrogen and oxygen atoms in total. The molecule has 0 aliphatic rings. The summed E-state index contributed by atoms with van der Waals surface area (Å²) in [6.07, 6.45) is 1.95. The van der Waals surface area contributed by atoms with Crippen LogP contribution in [0.2, 0.25) is 0 Å². The van der Waals surface area contributed by atoms with Crippen LogP contribution in [0.3, 0.4) is 0 Å². The molecule has 4 heteroatoms. The van der Waals surface area contributed by atoms with E-state index in [1.165, 1.54) is 5.56 Å². The van der Waals surface area contributed by atoms with Crippen molar-refractivity contribution in [2.45, 2.75) is 52.7 Å². The number of ether oxygens (including phenoxy) is 1. The lowest BCUT2D eigenvalue weighted by molar-refractivity contribution is 0.203. The van der Waals surface area contributed by atoms with Crippen molar-refractivity contribution in [3.63, 3.8) is 0 Å². The first kappa shape index (κ1) is 16.9. The molecule has 0 aliphatic carbocycles. The van der Waals surface area contributed by atoms with Gasteiger partial charge in [0.2, 0.25) is 0 Å². The van der Waals surface area contributed by atoms with E-state index in [0.717, 1.165) is 18.9 Å². The van der Waals surface area contributed by atoms with E-state index in [4.69, 9.17) is 4.74 Å². The summed E-state index contributed by atoms with van der Waals surface area (Å²) < 4.78 is 5.16. The predicted octanol–water partition coefficient (Wildman–Crippen LogP) is 2.83. The van der Waals surface area contributed by atoms with Crippen LogP contribution in [0.4, 0.5) is 5.82 Å². The Morgan fingerprint density at radius 3 is 2.45 bits per heavy atom. The van der Waals surface area contributed by atoms with Crippen LogP contribution in [-0.4, -0.2) is 36.8 Å². The first-order valence-corrected chi connectivity index (χ1v) is 7.29. The van der Waals surface area contributed by atoms with Crippen molar-refractivity contribution in [3.8, 4) is 0 Å². The Balaban J connectivity index is 2.68. The number of hydrogen-bond acceptors (Lipinski definition) is 4. The largest absolute Gasteiger partial charge is 0.383 e. The van der Waals surface area contributed by atoms with E-state index in [1.54, 1.807) is 7.11 Å². The van der Waals surface area contributed by atoms with Crippen molar-refractivity contribution >= 4 is 5.82 Å². The number of nitrogens with one attached hydrogen (secondary N) is 1. The molecule has 1 aromatic heterocycles. The lowest BCUT2D eigenvalue weighted by atomic mass is 10.1. The van der Waals surface area contributed by atoms with Gasteiger partial charge in [-0.3, -0.25) is 0 Å². The molecule has 1 rings (SSSR count). The second-order valence-corrected chi connectivity index (χ2v) is 6.41. The van der Waals surface area contributed by atoms with Gasteiger partial charge in [-0.15, -0.1) is 0 Å². The van der Waals surface area contributed by atoms with Crippen LogP contribution in [0, 0.1) is 0 Å². The second-order valence-electron chi connectivity index (χ2n) is 6.41. The highest BCUT2D eigenvalue weighted by atomic mass is 16.5. The van der Waals surface area contributed by atoms with Gasteiger partial charge in [0.05, 0.1) is 6.61 Å². The first-order chi connectivity index (χ1) is 9.33. The van der Waals surface area contributed by atoms with Gasteiger partial charge in [-0.05, 0) is 46.2 Å². The Hall–Kier alpha value is -1.13. The molecule has 114 valence electrons. The third-order valence-electron chi connectivity index (χ3n) is 3.09. The molecule has 0 fully saturated rings. The van der Waals surface area contributed by atoms with Crippen LogP contribution >= 0.6 is 0 Å². The molecule has 1 heterocycles. The van der Waals surface area contributed by atoms with Crippen LogP contribution in [0.25, 0.3) is 0 Å². The van der Waals surface area contributed by atoms with E-state index in [-0.39, 0.29) is 5.54 Å². The molecule has 0 aromatic carbocycles. The van der Waals surface area contributed by atoms with Gasteiger partial charge in [0.15, 0.2) is 0 Å². The Morgan fingerprint density at radius 1 is 1.30 bits per heavy atom. The molecule has 0 radical (unpaired) electrons. The Bertz CT molecular complexity index is 382. The van der Waals surface area contributed by atoms with Crippen LogP contribution < -0.4 is 10.2 Å². The molecule has 20 heavy (non-hydrogen) atoms. The summed E-state index contributed by atoms with van der Waals surface area (Å²) in [6.45, 7) is 13.3. The normalized spacial score (nSPS) is 11.9. The summed E-state index contributed by atoms with van der Waals surface area (Å²) in [6, 6.07) is 4.65. The van der Waals surface area contributed by atoms with Gasteiger partial charge < -0.3 is 15.0 Å². The minimum Gasteiger partial charge on any atom is -0.383 e. The summed E-state index contributed by atoms with van der Waals surface area (Å²) in [4.78, 5) is 6.84. The number of rotatable bonds is 7. The van der Waals surface area contributed by atoms with Crippen molar-refractivity contribution in [2.24, 2.45) is 0 Å². The molecule has 0 aliphatic heterocycles. The number of hydrogen-bond donors (Lipinski definition) is 1. The first-order valence-electron chi connectivity index (χ1n) is 7.29. The standard InChI is InChI=1S/C16H29N3O/c1-13(2)19(9-10-20-6)15-8-7-14(11-17-15)12-18-16(3,4)5/h7-8,11,13,18H,9-10,12H2,1-6H3. The Kier molecular flexibility index (Phi) is 6.43. The van der Waals surface area contributed by atoms with E-state index in [0.29, 0.717) is 12.6 Å². The highest BCUT2D eigenvalue weighted by Gasteiger charge is 2.12. The predicted molar refractivity (Wildman–Crippen MR) is 85.2 cm³/mol. The topological polar surface area (TPSA) is 37.4 Å².